The monoisotopic (exact) mass is 170 g/mol. The third kappa shape index (κ3) is 0.934. The van der Waals surface area contributed by atoms with E-state index in [4.69, 9.17) is 16.2 Å². The van der Waals surface area contributed by atoms with Crippen LogP contribution in [0.4, 0.5) is 0 Å². The van der Waals surface area contributed by atoms with Crippen LogP contribution in [-0.2, 0) is 4.74 Å². The zero-order valence-electron chi connectivity index (χ0n) is 7.68. The second-order valence-electron chi connectivity index (χ2n) is 4.20. The number of fused-ring (bicyclic) bond motifs is 1. The molecule has 2 aliphatic rings. The number of nitrogens with two attached hydrogens (primary N) is 2. The molecule has 0 spiro atoms. The first-order valence-corrected chi connectivity index (χ1v) is 4.88. The van der Waals surface area contributed by atoms with Gasteiger partial charge in [-0.15, -0.1) is 0 Å². The van der Waals surface area contributed by atoms with Gasteiger partial charge in [-0.1, -0.05) is 13.3 Å². The number of rotatable bonds is 2. The van der Waals surface area contributed by atoms with E-state index >= 15 is 0 Å². The Morgan fingerprint density at radius 3 is 2.92 bits per heavy atom. The van der Waals surface area contributed by atoms with E-state index < -0.39 is 5.72 Å². The Morgan fingerprint density at radius 1 is 1.50 bits per heavy atom. The van der Waals surface area contributed by atoms with E-state index in [0.717, 1.165) is 25.7 Å². The molecule has 3 unspecified atom stereocenters. The molecule has 1 aliphatic heterocycles. The molecule has 70 valence electrons. The van der Waals surface area contributed by atoms with Crippen LogP contribution in [0, 0.1) is 0 Å². The Kier molecular flexibility index (Phi) is 1.72. The summed E-state index contributed by atoms with van der Waals surface area (Å²) in [7, 11) is 0. The molecule has 0 aromatic carbocycles. The standard InChI is InChI=1S/C9H18N2O/c1-2-5-8(10)6-3-4-7-9(8,11)12-7/h7H,2-6,10-11H2,1H3. The van der Waals surface area contributed by atoms with Gasteiger partial charge in [0.25, 0.3) is 0 Å². The van der Waals surface area contributed by atoms with Gasteiger partial charge in [0.2, 0.25) is 0 Å². The molecule has 1 aliphatic carbocycles. The molecule has 3 atom stereocenters. The molecule has 3 nitrogen and oxygen atoms in total. The van der Waals surface area contributed by atoms with Gasteiger partial charge in [-0.3, -0.25) is 5.73 Å². The smallest absolute Gasteiger partial charge is 0.161 e. The minimum atomic E-state index is -0.471. The summed E-state index contributed by atoms with van der Waals surface area (Å²) in [4.78, 5) is 0. The summed E-state index contributed by atoms with van der Waals surface area (Å²) >= 11 is 0. The zero-order chi connectivity index (χ0) is 8.82. The molecule has 0 amide bonds. The molecule has 1 saturated carbocycles. The first-order chi connectivity index (χ1) is 5.62. The van der Waals surface area contributed by atoms with Crippen molar-refractivity contribution in [2.45, 2.75) is 56.4 Å². The summed E-state index contributed by atoms with van der Waals surface area (Å²) in [6, 6.07) is 0. The molecule has 2 rings (SSSR count). The van der Waals surface area contributed by atoms with Crippen LogP contribution in [0.3, 0.4) is 0 Å². The van der Waals surface area contributed by atoms with Crippen molar-refractivity contribution in [1.82, 2.24) is 0 Å². The highest BCUT2D eigenvalue weighted by Crippen LogP contribution is 2.50. The second-order valence-corrected chi connectivity index (χ2v) is 4.20. The largest absolute Gasteiger partial charge is 0.348 e. The van der Waals surface area contributed by atoms with Crippen LogP contribution in [0.25, 0.3) is 0 Å². The first-order valence-electron chi connectivity index (χ1n) is 4.88. The Balaban J connectivity index is 2.12. The average Bonchev–Trinajstić information content (AvgIpc) is 2.64. The van der Waals surface area contributed by atoms with Gasteiger partial charge in [0, 0.05) is 0 Å². The summed E-state index contributed by atoms with van der Waals surface area (Å²) < 4.78 is 5.49. The average molecular weight is 170 g/mol. The molecule has 1 heterocycles. The van der Waals surface area contributed by atoms with Gasteiger partial charge in [0.1, 0.15) is 6.10 Å². The molecule has 0 bridgehead atoms. The van der Waals surface area contributed by atoms with Crippen LogP contribution in [0.15, 0.2) is 0 Å². The third-order valence-corrected chi connectivity index (χ3v) is 3.32. The predicted octanol–water partition coefficient (Wildman–Crippen LogP) is 0.722. The normalized spacial score (nSPS) is 51.8. The SMILES string of the molecule is CCCC1(N)CCCC2OC21N. The number of hydrogen-bond acceptors (Lipinski definition) is 3. The first kappa shape index (κ1) is 8.48. The lowest BCUT2D eigenvalue weighted by molar-refractivity contribution is 0.163. The number of ether oxygens (including phenoxy) is 1. The van der Waals surface area contributed by atoms with Gasteiger partial charge >= 0.3 is 0 Å². The Hall–Kier alpha value is -0.120. The quantitative estimate of drug-likeness (QED) is 0.600. The van der Waals surface area contributed by atoms with E-state index in [1.807, 2.05) is 0 Å². The van der Waals surface area contributed by atoms with E-state index in [1.54, 1.807) is 0 Å². The molecule has 0 aromatic rings. The summed E-state index contributed by atoms with van der Waals surface area (Å²) in [6.07, 6.45) is 5.61. The van der Waals surface area contributed by atoms with Gasteiger partial charge in [-0.05, 0) is 25.7 Å². The zero-order valence-corrected chi connectivity index (χ0v) is 7.68. The highest BCUT2D eigenvalue weighted by atomic mass is 16.6. The van der Waals surface area contributed by atoms with E-state index in [-0.39, 0.29) is 11.6 Å². The summed E-state index contributed by atoms with van der Waals surface area (Å²) in [6.45, 7) is 2.14. The Labute approximate surface area is 73.4 Å². The molecule has 3 heteroatoms. The molecular formula is C9H18N2O. The highest BCUT2D eigenvalue weighted by molar-refractivity contribution is 5.16. The number of epoxide rings is 1. The molecule has 0 radical (unpaired) electrons. The van der Waals surface area contributed by atoms with Gasteiger partial charge < -0.3 is 10.5 Å². The van der Waals surface area contributed by atoms with Crippen LogP contribution in [0.1, 0.15) is 39.0 Å². The molecule has 4 N–H and O–H groups in total. The molecular weight excluding hydrogens is 152 g/mol. The van der Waals surface area contributed by atoms with Crippen molar-refractivity contribution < 1.29 is 4.74 Å². The van der Waals surface area contributed by atoms with Gasteiger partial charge in [0.05, 0.1) is 5.54 Å². The van der Waals surface area contributed by atoms with Crippen LogP contribution >= 0.6 is 0 Å². The summed E-state index contributed by atoms with van der Waals surface area (Å²) in [5.41, 5.74) is 11.6. The van der Waals surface area contributed by atoms with Gasteiger partial charge in [0.15, 0.2) is 5.72 Å². The third-order valence-electron chi connectivity index (χ3n) is 3.32. The van der Waals surface area contributed by atoms with Crippen molar-refractivity contribution in [2.24, 2.45) is 11.5 Å². The fourth-order valence-electron chi connectivity index (χ4n) is 2.48. The minimum absolute atomic E-state index is 0.245. The van der Waals surface area contributed by atoms with Crippen molar-refractivity contribution in [3.8, 4) is 0 Å². The summed E-state index contributed by atoms with van der Waals surface area (Å²) in [5, 5.41) is 0. The molecule has 1 saturated heterocycles. The van der Waals surface area contributed by atoms with E-state index in [0.29, 0.717) is 0 Å². The second kappa shape index (κ2) is 2.44. The Bertz CT molecular complexity index is 193. The fourth-order valence-corrected chi connectivity index (χ4v) is 2.48. The summed E-state index contributed by atoms with van der Waals surface area (Å²) in [5.74, 6) is 0. The topological polar surface area (TPSA) is 64.6 Å². The van der Waals surface area contributed by atoms with Crippen molar-refractivity contribution in [1.29, 1.82) is 0 Å². The molecule has 0 aromatic heterocycles. The van der Waals surface area contributed by atoms with Crippen LogP contribution in [0.2, 0.25) is 0 Å². The van der Waals surface area contributed by atoms with Crippen LogP contribution in [-0.4, -0.2) is 17.4 Å². The lowest BCUT2D eigenvalue weighted by Crippen LogP contribution is -2.61. The van der Waals surface area contributed by atoms with Crippen molar-refractivity contribution in [3.05, 3.63) is 0 Å². The minimum Gasteiger partial charge on any atom is -0.348 e. The van der Waals surface area contributed by atoms with Crippen molar-refractivity contribution in [2.75, 3.05) is 0 Å². The van der Waals surface area contributed by atoms with Gasteiger partial charge in [-0.2, -0.15) is 0 Å². The van der Waals surface area contributed by atoms with Gasteiger partial charge in [-0.25, -0.2) is 0 Å². The van der Waals surface area contributed by atoms with E-state index in [9.17, 15) is 0 Å². The van der Waals surface area contributed by atoms with Crippen molar-refractivity contribution >= 4 is 0 Å². The molecule has 2 fully saturated rings. The van der Waals surface area contributed by atoms with E-state index in [2.05, 4.69) is 6.92 Å². The maximum atomic E-state index is 6.24. The maximum Gasteiger partial charge on any atom is 0.161 e. The predicted molar refractivity (Wildman–Crippen MR) is 47.5 cm³/mol. The van der Waals surface area contributed by atoms with E-state index in [1.165, 1.54) is 6.42 Å². The van der Waals surface area contributed by atoms with Crippen molar-refractivity contribution in [3.63, 3.8) is 0 Å². The van der Waals surface area contributed by atoms with Crippen LogP contribution < -0.4 is 11.5 Å². The highest BCUT2D eigenvalue weighted by Gasteiger charge is 2.66. The fraction of sp³-hybridized carbons (Fsp3) is 1.00. The lowest BCUT2D eigenvalue weighted by Gasteiger charge is -2.36. The maximum absolute atomic E-state index is 6.24. The van der Waals surface area contributed by atoms with Crippen LogP contribution in [0.5, 0.6) is 0 Å². The Morgan fingerprint density at radius 2 is 2.25 bits per heavy atom. The molecule has 12 heavy (non-hydrogen) atoms. The number of hydrogen-bond donors (Lipinski definition) is 2. The lowest BCUT2D eigenvalue weighted by atomic mass is 9.76.